The second-order valence-corrected chi connectivity index (χ2v) is 3.89. The average molecular weight is 292 g/mol. The Hall–Kier alpha value is -0.900. The maximum absolute atomic E-state index is 6.03. The van der Waals surface area contributed by atoms with E-state index in [1.54, 1.807) is 13.2 Å². The van der Waals surface area contributed by atoms with Gasteiger partial charge in [0.05, 0.1) is 13.7 Å². The van der Waals surface area contributed by atoms with Crippen molar-refractivity contribution in [2.75, 3.05) is 20.3 Å². The summed E-state index contributed by atoms with van der Waals surface area (Å²) in [6, 6.07) is 3.63. The zero-order valence-corrected chi connectivity index (χ0v) is 12.2. The molecule has 0 amide bonds. The molecule has 102 valence electrons. The Kier molecular flexibility index (Phi) is 8.63. The van der Waals surface area contributed by atoms with Crippen molar-refractivity contribution in [2.45, 2.75) is 13.5 Å². The Morgan fingerprint density at radius 2 is 2.17 bits per heavy atom. The lowest BCUT2D eigenvalue weighted by atomic mass is 10.2. The van der Waals surface area contributed by atoms with E-state index in [4.69, 9.17) is 21.1 Å². The molecule has 0 atom stereocenters. The van der Waals surface area contributed by atoms with Crippen LogP contribution in [0.1, 0.15) is 12.5 Å². The Labute approximate surface area is 120 Å². The van der Waals surface area contributed by atoms with Gasteiger partial charge in [0.25, 0.3) is 0 Å². The van der Waals surface area contributed by atoms with Crippen LogP contribution in [0.3, 0.4) is 0 Å². The zero-order valence-electron chi connectivity index (χ0n) is 10.7. The number of nitrogens with one attached hydrogen (secondary N) is 1. The number of hydrogen-bond acceptors (Lipinski definition) is 3. The normalized spacial score (nSPS) is 9.50. The summed E-state index contributed by atoms with van der Waals surface area (Å²) in [4.78, 5) is 0. The van der Waals surface area contributed by atoms with Crippen molar-refractivity contribution < 1.29 is 9.47 Å². The molecule has 5 heteroatoms. The molecular weight excluding hydrogens is 273 g/mol. The van der Waals surface area contributed by atoms with Crippen LogP contribution in [0.2, 0.25) is 5.02 Å². The first-order valence-electron chi connectivity index (χ1n) is 5.53. The summed E-state index contributed by atoms with van der Waals surface area (Å²) in [5, 5.41) is 3.86. The molecule has 0 unspecified atom stereocenters. The quantitative estimate of drug-likeness (QED) is 0.617. The van der Waals surface area contributed by atoms with E-state index in [0.29, 0.717) is 23.9 Å². The smallest absolute Gasteiger partial charge is 0.165 e. The van der Waals surface area contributed by atoms with Gasteiger partial charge >= 0.3 is 0 Å². The molecule has 0 aliphatic carbocycles. The van der Waals surface area contributed by atoms with Gasteiger partial charge in [0, 0.05) is 29.7 Å². The molecule has 3 nitrogen and oxygen atoms in total. The van der Waals surface area contributed by atoms with Crippen LogP contribution < -0.4 is 14.8 Å². The predicted octanol–water partition coefficient (Wildman–Crippen LogP) is 3.44. The number of halogens is 2. The lowest BCUT2D eigenvalue weighted by molar-refractivity contribution is 0.307. The maximum atomic E-state index is 6.03. The van der Waals surface area contributed by atoms with Crippen LogP contribution in [0.25, 0.3) is 0 Å². The molecule has 0 bridgehead atoms. The number of rotatable bonds is 7. The predicted molar refractivity (Wildman–Crippen MR) is 78.3 cm³/mol. The largest absolute Gasteiger partial charge is 0.493 e. The topological polar surface area (TPSA) is 30.5 Å². The first kappa shape index (κ1) is 17.1. The lowest BCUT2D eigenvalue weighted by Crippen LogP contribution is -2.14. The summed E-state index contributed by atoms with van der Waals surface area (Å²) in [5.74, 6) is 1.41. The van der Waals surface area contributed by atoms with Crippen molar-refractivity contribution in [3.63, 3.8) is 0 Å². The van der Waals surface area contributed by atoms with E-state index in [1.165, 1.54) is 0 Å². The SMILES string of the molecule is C=CCNCc1cc(Cl)cc(OC)c1OCC.Cl. The van der Waals surface area contributed by atoms with Crippen molar-refractivity contribution in [2.24, 2.45) is 0 Å². The molecule has 0 aromatic heterocycles. The van der Waals surface area contributed by atoms with Gasteiger partial charge < -0.3 is 14.8 Å². The molecule has 18 heavy (non-hydrogen) atoms. The van der Waals surface area contributed by atoms with E-state index in [0.717, 1.165) is 17.9 Å². The van der Waals surface area contributed by atoms with Crippen LogP contribution in [0.15, 0.2) is 24.8 Å². The fourth-order valence-electron chi connectivity index (χ4n) is 1.52. The minimum absolute atomic E-state index is 0. The molecule has 0 saturated carbocycles. The number of ether oxygens (including phenoxy) is 2. The minimum atomic E-state index is 0. The van der Waals surface area contributed by atoms with Crippen LogP contribution in [0, 0.1) is 0 Å². The van der Waals surface area contributed by atoms with Gasteiger partial charge in [-0.1, -0.05) is 17.7 Å². The van der Waals surface area contributed by atoms with Crippen molar-refractivity contribution in [1.29, 1.82) is 0 Å². The molecule has 1 aromatic carbocycles. The highest BCUT2D eigenvalue weighted by Gasteiger charge is 2.11. The van der Waals surface area contributed by atoms with Gasteiger partial charge in [0.15, 0.2) is 11.5 Å². The second-order valence-electron chi connectivity index (χ2n) is 3.45. The van der Waals surface area contributed by atoms with Crippen LogP contribution in [0.5, 0.6) is 11.5 Å². The lowest BCUT2D eigenvalue weighted by Gasteiger charge is -2.15. The van der Waals surface area contributed by atoms with Gasteiger partial charge in [-0.25, -0.2) is 0 Å². The van der Waals surface area contributed by atoms with Gasteiger partial charge in [-0.15, -0.1) is 19.0 Å². The second kappa shape index (κ2) is 9.09. The standard InChI is InChI=1S/C13H18ClNO2.ClH/c1-4-6-15-9-10-7-11(14)8-12(16-3)13(10)17-5-2;/h4,7-8,15H,1,5-6,9H2,2-3H3;1H. The van der Waals surface area contributed by atoms with Crippen LogP contribution in [0.4, 0.5) is 0 Å². The molecular formula is C13H19Cl2NO2. The Balaban J connectivity index is 0.00000289. The van der Waals surface area contributed by atoms with Gasteiger partial charge in [-0.2, -0.15) is 0 Å². The van der Waals surface area contributed by atoms with E-state index in [9.17, 15) is 0 Å². The summed E-state index contributed by atoms with van der Waals surface area (Å²) in [6.07, 6.45) is 1.81. The van der Waals surface area contributed by atoms with Crippen LogP contribution in [-0.2, 0) is 6.54 Å². The monoisotopic (exact) mass is 291 g/mol. The highest BCUT2D eigenvalue weighted by atomic mass is 35.5. The van der Waals surface area contributed by atoms with E-state index >= 15 is 0 Å². The molecule has 0 aliphatic rings. The number of methoxy groups -OCH3 is 1. The first-order valence-corrected chi connectivity index (χ1v) is 5.91. The van der Waals surface area contributed by atoms with Crippen LogP contribution >= 0.6 is 24.0 Å². The summed E-state index contributed by atoms with van der Waals surface area (Å²) in [7, 11) is 1.61. The Morgan fingerprint density at radius 3 is 2.72 bits per heavy atom. The molecule has 0 aliphatic heterocycles. The summed E-state index contributed by atoms with van der Waals surface area (Å²) >= 11 is 6.03. The summed E-state index contributed by atoms with van der Waals surface area (Å²) < 4.78 is 10.9. The van der Waals surface area contributed by atoms with Crippen molar-refractivity contribution >= 4 is 24.0 Å². The summed E-state index contributed by atoms with van der Waals surface area (Å²) in [5.41, 5.74) is 0.984. The summed E-state index contributed by atoms with van der Waals surface area (Å²) in [6.45, 7) is 7.59. The number of hydrogen-bond donors (Lipinski definition) is 1. The molecule has 0 saturated heterocycles. The average Bonchev–Trinajstić information content (AvgIpc) is 2.32. The first-order chi connectivity index (χ1) is 8.22. The van der Waals surface area contributed by atoms with Crippen LogP contribution in [-0.4, -0.2) is 20.3 Å². The Morgan fingerprint density at radius 1 is 1.44 bits per heavy atom. The Bertz CT molecular complexity index is 383. The highest BCUT2D eigenvalue weighted by Crippen LogP contribution is 2.34. The van der Waals surface area contributed by atoms with E-state index in [2.05, 4.69) is 11.9 Å². The molecule has 0 heterocycles. The van der Waals surface area contributed by atoms with E-state index < -0.39 is 0 Å². The fraction of sp³-hybridized carbons (Fsp3) is 0.385. The molecule has 0 fully saturated rings. The van der Waals surface area contributed by atoms with E-state index in [1.807, 2.05) is 19.1 Å². The highest BCUT2D eigenvalue weighted by molar-refractivity contribution is 6.30. The third-order valence-corrected chi connectivity index (χ3v) is 2.43. The van der Waals surface area contributed by atoms with Crippen molar-refractivity contribution in [1.82, 2.24) is 5.32 Å². The van der Waals surface area contributed by atoms with Crippen molar-refractivity contribution in [3.05, 3.63) is 35.4 Å². The van der Waals surface area contributed by atoms with Gasteiger partial charge in [0.2, 0.25) is 0 Å². The minimum Gasteiger partial charge on any atom is -0.493 e. The zero-order chi connectivity index (χ0) is 12.7. The van der Waals surface area contributed by atoms with Gasteiger partial charge in [0.1, 0.15) is 0 Å². The molecule has 0 spiro atoms. The van der Waals surface area contributed by atoms with E-state index in [-0.39, 0.29) is 12.4 Å². The maximum Gasteiger partial charge on any atom is 0.165 e. The molecule has 1 aromatic rings. The van der Waals surface area contributed by atoms with Gasteiger partial charge in [-0.3, -0.25) is 0 Å². The van der Waals surface area contributed by atoms with Gasteiger partial charge in [-0.05, 0) is 13.0 Å². The molecule has 0 radical (unpaired) electrons. The van der Waals surface area contributed by atoms with Crippen molar-refractivity contribution in [3.8, 4) is 11.5 Å². The number of benzene rings is 1. The molecule has 1 rings (SSSR count). The molecule has 1 N–H and O–H groups in total. The third-order valence-electron chi connectivity index (χ3n) is 2.21. The third kappa shape index (κ3) is 4.77. The fourth-order valence-corrected chi connectivity index (χ4v) is 1.75.